The number of hydrogen-bond acceptors (Lipinski definition) is 2. The van der Waals surface area contributed by atoms with E-state index >= 15 is 0 Å². The largest absolute Gasteiger partial charge is 0.357 e. The molecule has 1 saturated heterocycles. The highest BCUT2D eigenvalue weighted by Gasteiger charge is 2.12. The molecule has 0 bridgehead atoms. The van der Waals surface area contributed by atoms with Crippen molar-refractivity contribution < 1.29 is 11.0 Å². The summed E-state index contributed by atoms with van der Waals surface area (Å²) >= 11 is 3.07. The van der Waals surface area contributed by atoms with E-state index in [9.17, 15) is 0 Å². The predicted molar refractivity (Wildman–Crippen MR) is 53.4 cm³/mol. The lowest BCUT2D eigenvalue weighted by molar-refractivity contribution is 0.933. The first-order valence-electron chi connectivity index (χ1n) is 7.30. The van der Waals surface area contributed by atoms with Crippen LogP contribution in [0.1, 0.15) is 23.7 Å². The van der Waals surface area contributed by atoms with Gasteiger partial charge in [-0.3, -0.25) is 0 Å². The van der Waals surface area contributed by atoms with E-state index in [1.165, 1.54) is 12.1 Å². The molecule has 0 amide bonds. The fourth-order valence-corrected chi connectivity index (χ4v) is 1.17. The molecule has 0 radical (unpaired) electrons. The molecule has 2 heterocycles. The average molecular weight is 235 g/mol. The van der Waals surface area contributed by atoms with Gasteiger partial charge < -0.3 is 4.90 Å². The van der Waals surface area contributed by atoms with Gasteiger partial charge in [0.1, 0.15) is 10.4 Å². The Bertz CT molecular complexity index is 521. The van der Waals surface area contributed by atoms with E-state index < -0.39 is 25.7 Å². The van der Waals surface area contributed by atoms with Gasteiger partial charge in [-0.15, -0.1) is 0 Å². The third kappa shape index (κ3) is 1.61. The van der Waals surface area contributed by atoms with E-state index in [-0.39, 0.29) is 5.82 Å². The standard InChI is InChI=1S/C9H11BrN2/c10-8-4-3-5-9(11-8)12-6-1-2-7-12/h3-5H,1-2,6-7H2/i1D2,2D2,6D2,7D2. The lowest BCUT2D eigenvalue weighted by Crippen LogP contribution is -2.18. The highest BCUT2D eigenvalue weighted by atomic mass is 79.9. The van der Waals surface area contributed by atoms with Gasteiger partial charge in [0.15, 0.2) is 0 Å². The summed E-state index contributed by atoms with van der Waals surface area (Å²) in [4.78, 5) is 4.33. The first-order valence-corrected chi connectivity index (χ1v) is 4.09. The minimum atomic E-state index is -3.05. The van der Waals surface area contributed by atoms with Gasteiger partial charge in [-0.1, -0.05) is 6.07 Å². The van der Waals surface area contributed by atoms with E-state index in [1.807, 2.05) is 0 Å². The van der Waals surface area contributed by atoms with Gasteiger partial charge in [-0.25, -0.2) is 4.98 Å². The second kappa shape index (κ2) is 3.44. The third-order valence-electron chi connectivity index (χ3n) is 1.33. The molecule has 0 atom stereocenters. The molecular formula is C9H11BrN2. The summed E-state index contributed by atoms with van der Waals surface area (Å²) in [5.74, 6) is -0.181. The van der Waals surface area contributed by atoms with Crippen LogP contribution in [0.5, 0.6) is 0 Å². The molecule has 1 aliphatic rings. The molecule has 1 aromatic heterocycles. The quantitative estimate of drug-likeness (QED) is 0.695. The predicted octanol–water partition coefficient (Wildman–Crippen LogP) is 2.44. The molecule has 1 aromatic rings. The summed E-state index contributed by atoms with van der Waals surface area (Å²) in [6, 6.07) is 4.34. The summed E-state index contributed by atoms with van der Waals surface area (Å²) in [7, 11) is 0. The summed E-state index contributed by atoms with van der Waals surface area (Å²) in [6.07, 6.45) is -6.10. The summed E-state index contributed by atoms with van der Waals surface area (Å²) in [5.41, 5.74) is 0. The third-order valence-corrected chi connectivity index (χ3v) is 1.77. The Kier molecular flexibility index (Phi) is 0.853. The average Bonchev–Trinajstić information content (AvgIpc) is 2.33. The van der Waals surface area contributed by atoms with Crippen molar-refractivity contribution in [2.75, 3.05) is 17.9 Å². The van der Waals surface area contributed by atoms with Crippen LogP contribution < -0.4 is 4.90 Å². The number of hydrogen-bond donors (Lipinski definition) is 0. The van der Waals surface area contributed by atoms with Crippen molar-refractivity contribution in [3.8, 4) is 0 Å². The molecule has 0 aliphatic carbocycles. The molecule has 3 heteroatoms. The van der Waals surface area contributed by atoms with Crippen LogP contribution in [0.3, 0.4) is 0 Å². The SMILES string of the molecule is [2H]C1([2H])N(c2cccc(Br)n2)C([2H])([2H])C([2H])([2H])C1([2H])[2H]. The van der Waals surface area contributed by atoms with Crippen LogP contribution in [0.4, 0.5) is 5.82 Å². The Morgan fingerprint density at radius 2 is 2.17 bits per heavy atom. The van der Waals surface area contributed by atoms with Crippen LogP contribution in [0.2, 0.25) is 0 Å². The maximum Gasteiger partial charge on any atom is 0.129 e. The van der Waals surface area contributed by atoms with Gasteiger partial charge in [0.05, 0.1) is 0 Å². The van der Waals surface area contributed by atoms with E-state index in [2.05, 4.69) is 20.9 Å². The monoisotopic (exact) mass is 234 g/mol. The molecule has 0 unspecified atom stereocenters. The number of halogens is 1. The Hall–Kier alpha value is -0.570. The second-order valence-electron chi connectivity index (χ2n) is 2.13. The summed E-state index contributed by atoms with van der Waals surface area (Å²) in [5, 5.41) is 0. The molecule has 1 fully saturated rings. The smallest absolute Gasteiger partial charge is 0.129 e. The lowest BCUT2D eigenvalue weighted by Gasteiger charge is -2.15. The Morgan fingerprint density at radius 1 is 1.42 bits per heavy atom. The summed E-state index contributed by atoms with van der Waals surface area (Å²) < 4.78 is 62.4. The highest BCUT2D eigenvalue weighted by Crippen LogP contribution is 2.19. The van der Waals surface area contributed by atoms with Crippen molar-refractivity contribution in [3.63, 3.8) is 0 Å². The topological polar surface area (TPSA) is 16.1 Å². The maximum atomic E-state index is 7.85. The molecule has 64 valence electrons. The fraction of sp³-hybridized carbons (Fsp3) is 0.444. The number of nitrogens with zero attached hydrogens (tertiary/aromatic N) is 2. The zero-order chi connectivity index (χ0) is 15.6. The van der Waals surface area contributed by atoms with Crippen LogP contribution in [0.25, 0.3) is 0 Å². The second-order valence-corrected chi connectivity index (χ2v) is 2.94. The van der Waals surface area contributed by atoms with Crippen molar-refractivity contribution in [2.45, 2.75) is 12.7 Å². The fourth-order valence-electron chi connectivity index (χ4n) is 0.832. The molecule has 1 aliphatic heterocycles. The number of aromatic nitrogens is 1. The molecule has 2 rings (SSSR count). The zero-order valence-electron chi connectivity index (χ0n) is 14.0. The van der Waals surface area contributed by atoms with E-state index in [1.54, 1.807) is 6.07 Å². The summed E-state index contributed by atoms with van der Waals surface area (Å²) in [6.45, 7) is -5.79. The van der Waals surface area contributed by atoms with E-state index in [4.69, 9.17) is 11.0 Å². The molecule has 0 spiro atoms. The molecule has 12 heavy (non-hydrogen) atoms. The number of pyridine rings is 1. The van der Waals surface area contributed by atoms with Crippen LogP contribution >= 0.6 is 15.9 Å². The Morgan fingerprint density at radius 3 is 2.83 bits per heavy atom. The van der Waals surface area contributed by atoms with Crippen molar-refractivity contribution in [1.29, 1.82) is 0 Å². The van der Waals surface area contributed by atoms with Crippen LogP contribution in [0.15, 0.2) is 22.8 Å². The van der Waals surface area contributed by atoms with E-state index in [0.29, 0.717) is 9.50 Å². The van der Waals surface area contributed by atoms with Crippen molar-refractivity contribution in [2.24, 2.45) is 0 Å². The molecule has 0 N–H and O–H groups in total. The first-order chi connectivity index (χ1) is 8.87. The van der Waals surface area contributed by atoms with Crippen molar-refractivity contribution in [3.05, 3.63) is 22.8 Å². The maximum absolute atomic E-state index is 7.85. The van der Waals surface area contributed by atoms with Crippen LogP contribution in [-0.4, -0.2) is 18.0 Å². The van der Waals surface area contributed by atoms with E-state index in [0.717, 1.165) is 0 Å². The minimum absolute atomic E-state index is 0.181. The lowest BCUT2D eigenvalue weighted by atomic mass is 10.4. The van der Waals surface area contributed by atoms with Crippen LogP contribution in [0, 0.1) is 0 Å². The van der Waals surface area contributed by atoms with Gasteiger partial charge in [0.2, 0.25) is 0 Å². The number of anilines is 1. The van der Waals surface area contributed by atoms with Gasteiger partial charge in [0.25, 0.3) is 0 Å². The molecule has 0 saturated carbocycles. The normalized spacial score (nSPS) is 43.6. The molecule has 2 nitrogen and oxygen atoms in total. The van der Waals surface area contributed by atoms with Gasteiger partial charge in [-0.2, -0.15) is 0 Å². The minimum Gasteiger partial charge on any atom is -0.357 e. The Labute approximate surface area is 92.0 Å². The molecule has 0 aromatic carbocycles. The van der Waals surface area contributed by atoms with Gasteiger partial charge in [-0.05, 0) is 40.8 Å². The number of rotatable bonds is 1. The van der Waals surface area contributed by atoms with Gasteiger partial charge >= 0.3 is 0 Å². The van der Waals surface area contributed by atoms with Crippen molar-refractivity contribution in [1.82, 2.24) is 4.98 Å². The van der Waals surface area contributed by atoms with Gasteiger partial charge in [0, 0.05) is 24.0 Å². The first kappa shape index (κ1) is 2.98. The van der Waals surface area contributed by atoms with Crippen LogP contribution in [-0.2, 0) is 0 Å². The highest BCUT2D eigenvalue weighted by molar-refractivity contribution is 9.10. The zero-order valence-corrected chi connectivity index (χ0v) is 7.59. The molecular weight excluding hydrogens is 216 g/mol. The van der Waals surface area contributed by atoms with Crippen molar-refractivity contribution >= 4 is 21.7 Å². The Balaban J connectivity index is 2.69.